The Morgan fingerprint density at radius 1 is 1.00 bits per heavy atom. The van der Waals surface area contributed by atoms with Crippen molar-refractivity contribution in [2.45, 2.75) is 27.2 Å². The van der Waals surface area contributed by atoms with Crippen molar-refractivity contribution < 1.29 is 19.2 Å². The summed E-state index contributed by atoms with van der Waals surface area (Å²) in [6, 6.07) is 0. The highest BCUT2D eigenvalue weighted by Gasteiger charge is 2.32. The molecule has 0 saturated carbocycles. The van der Waals surface area contributed by atoms with Crippen molar-refractivity contribution in [3.63, 3.8) is 0 Å². The molecule has 0 aliphatic carbocycles. The van der Waals surface area contributed by atoms with Crippen molar-refractivity contribution in [1.29, 1.82) is 0 Å². The summed E-state index contributed by atoms with van der Waals surface area (Å²) in [6.45, 7) is 6.93. The van der Waals surface area contributed by atoms with Crippen LogP contribution >= 0.6 is 0 Å². The average Bonchev–Trinajstić information content (AvgIpc) is 2.73. The zero-order valence-corrected chi connectivity index (χ0v) is 13.7. The number of carbonyl (C=O) groups is 4. The van der Waals surface area contributed by atoms with Crippen LogP contribution in [0.15, 0.2) is 24.3 Å². The van der Waals surface area contributed by atoms with Crippen LogP contribution in [-0.4, -0.2) is 52.9 Å². The first-order valence-electron chi connectivity index (χ1n) is 7.71. The molecular formula is C17H22N2O4. The average molecular weight is 318 g/mol. The molecule has 0 spiro atoms. The molecule has 23 heavy (non-hydrogen) atoms. The lowest BCUT2D eigenvalue weighted by Gasteiger charge is -2.33. The molecule has 2 aliphatic rings. The molecule has 6 nitrogen and oxygen atoms in total. The zero-order chi connectivity index (χ0) is 17.2. The van der Waals surface area contributed by atoms with Crippen LogP contribution in [0.1, 0.15) is 27.2 Å². The van der Waals surface area contributed by atoms with E-state index in [-0.39, 0.29) is 41.4 Å². The van der Waals surface area contributed by atoms with Crippen molar-refractivity contribution >= 4 is 23.5 Å². The molecule has 124 valence electrons. The molecule has 1 atom stereocenters. The number of rotatable bonds is 6. The van der Waals surface area contributed by atoms with Gasteiger partial charge in [0.05, 0.1) is 6.54 Å². The molecule has 3 amide bonds. The Balaban J connectivity index is 1.90. The molecule has 1 unspecified atom stereocenters. The second-order valence-electron chi connectivity index (χ2n) is 7.09. The van der Waals surface area contributed by atoms with Crippen LogP contribution in [0.25, 0.3) is 0 Å². The van der Waals surface area contributed by atoms with Crippen molar-refractivity contribution in [3.05, 3.63) is 24.3 Å². The fraction of sp³-hybridized carbons (Fsp3) is 0.529. The van der Waals surface area contributed by atoms with E-state index in [9.17, 15) is 19.2 Å². The van der Waals surface area contributed by atoms with E-state index in [0.29, 0.717) is 13.1 Å². The summed E-state index contributed by atoms with van der Waals surface area (Å²) in [5, 5.41) is 0. The predicted molar refractivity (Wildman–Crippen MR) is 84.1 cm³/mol. The molecule has 6 heteroatoms. The number of hydrogen-bond acceptors (Lipinski definition) is 4. The highest BCUT2D eigenvalue weighted by atomic mass is 16.2. The largest absolute Gasteiger partial charge is 0.331 e. The van der Waals surface area contributed by atoms with Gasteiger partial charge in [-0.15, -0.1) is 0 Å². The maximum Gasteiger partial charge on any atom is 0.253 e. The fourth-order valence-electron chi connectivity index (χ4n) is 3.21. The molecule has 0 bridgehead atoms. The molecule has 2 rings (SSSR count). The molecule has 0 N–H and O–H groups in total. The van der Waals surface area contributed by atoms with Gasteiger partial charge in [-0.1, -0.05) is 20.8 Å². The van der Waals surface area contributed by atoms with E-state index in [1.54, 1.807) is 0 Å². The van der Waals surface area contributed by atoms with E-state index in [2.05, 4.69) is 0 Å². The molecule has 0 saturated heterocycles. The summed E-state index contributed by atoms with van der Waals surface area (Å²) in [7, 11) is 0. The van der Waals surface area contributed by atoms with Crippen molar-refractivity contribution in [2.75, 3.05) is 19.6 Å². The van der Waals surface area contributed by atoms with Gasteiger partial charge < -0.3 is 4.90 Å². The van der Waals surface area contributed by atoms with E-state index >= 15 is 0 Å². The predicted octanol–water partition coefficient (Wildman–Crippen LogP) is 0.931. The summed E-state index contributed by atoms with van der Waals surface area (Å²) < 4.78 is 0. The van der Waals surface area contributed by atoms with Gasteiger partial charge in [-0.25, -0.2) is 0 Å². The topological polar surface area (TPSA) is 74.8 Å². The molecule has 0 aromatic carbocycles. The van der Waals surface area contributed by atoms with E-state index in [0.717, 1.165) is 6.42 Å². The van der Waals surface area contributed by atoms with Gasteiger partial charge in [-0.05, 0) is 23.8 Å². The van der Waals surface area contributed by atoms with E-state index in [4.69, 9.17) is 0 Å². The van der Waals surface area contributed by atoms with Gasteiger partial charge in [0.15, 0.2) is 5.78 Å². The summed E-state index contributed by atoms with van der Waals surface area (Å²) in [6.07, 6.45) is 5.91. The number of carbonyl (C=O) groups excluding carboxylic acids is 4. The van der Waals surface area contributed by atoms with Gasteiger partial charge in [0.2, 0.25) is 5.91 Å². The summed E-state index contributed by atoms with van der Waals surface area (Å²) in [5.74, 6) is -0.636. The number of nitrogens with zero attached hydrogens (tertiary/aromatic N) is 2. The summed E-state index contributed by atoms with van der Waals surface area (Å²) in [5.41, 5.74) is -0.268. The van der Waals surface area contributed by atoms with Crippen molar-refractivity contribution in [1.82, 2.24) is 9.80 Å². The van der Waals surface area contributed by atoms with Crippen molar-refractivity contribution in [2.24, 2.45) is 11.3 Å². The monoisotopic (exact) mass is 318 g/mol. The highest BCUT2D eigenvalue weighted by molar-refractivity contribution is 6.12. The normalized spacial score (nSPS) is 20.0. The number of imide groups is 1. The van der Waals surface area contributed by atoms with Crippen LogP contribution in [0.5, 0.6) is 0 Å². The second kappa shape index (κ2) is 6.48. The lowest BCUT2D eigenvalue weighted by molar-refractivity contribution is -0.138. The van der Waals surface area contributed by atoms with Gasteiger partial charge in [-0.3, -0.25) is 24.1 Å². The van der Waals surface area contributed by atoms with Crippen LogP contribution in [0.2, 0.25) is 0 Å². The fourth-order valence-corrected chi connectivity index (χ4v) is 3.21. The maximum absolute atomic E-state index is 11.8. The van der Waals surface area contributed by atoms with Gasteiger partial charge in [-0.2, -0.15) is 0 Å². The third kappa shape index (κ3) is 4.37. The number of ketones is 1. The van der Waals surface area contributed by atoms with Crippen molar-refractivity contribution in [3.8, 4) is 0 Å². The Labute approximate surface area is 135 Å². The van der Waals surface area contributed by atoms with E-state index in [1.807, 2.05) is 20.8 Å². The maximum atomic E-state index is 11.8. The summed E-state index contributed by atoms with van der Waals surface area (Å²) in [4.78, 5) is 49.3. The molecule has 0 radical (unpaired) electrons. The van der Waals surface area contributed by atoms with Crippen LogP contribution in [-0.2, 0) is 19.2 Å². The first-order chi connectivity index (χ1) is 10.7. The number of amides is 3. The minimum atomic E-state index is -0.280. The lowest BCUT2D eigenvalue weighted by atomic mass is 9.82. The van der Waals surface area contributed by atoms with Gasteiger partial charge >= 0.3 is 0 Å². The van der Waals surface area contributed by atoms with Crippen LogP contribution in [0, 0.1) is 11.3 Å². The first-order valence-corrected chi connectivity index (χ1v) is 7.71. The Morgan fingerprint density at radius 2 is 1.57 bits per heavy atom. The second-order valence-corrected chi connectivity index (χ2v) is 7.09. The van der Waals surface area contributed by atoms with Crippen LogP contribution < -0.4 is 0 Å². The Bertz CT molecular complexity index is 586. The first kappa shape index (κ1) is 17.1. The third-order valence-corrected chi connectivity index (χ3v) is 3.99. The molecule has 0 aromatic heterocycles. The molecule has 2 heterocycles. The molecule has 0 fully saturated rings. The van der Waals surface area contributed by atoms with E-state index in [1.165, 1.54) is 34.1 Å². The molecular weight excluding hydrogens is 296 g/mol. The van der Waals surface area contributed by atoms with Gasteiger partial charge in [0.1, 0.15) is 0 Å². The Morgan fingerprint density at radius 3 is 2.17 bits per heavy atom. The minimum Gasteiger partial charge on any atom is -0.331 e. The smallest absolute Gasteiger partial charge is 0.253 e. The van der Waals surface area contributed by atoms with Crippen LogP contribution in [0.3, 0.4) is 0 Å². The minimum absolute atomic E-state index is 0.0737. The Kier molecular flexibility index (Phi) is 4.82. The third-order valence-electron chi connectivity index (χ3n) is 3.99. The van der Waals surface area contributed by atoms with E-state index < -0.39 is 0 Å². The van der Waals surface area contributed by atoms with Gasteiger partial charge in [0, 0.05) is 31.3 Å². The highest BCUT2D eigenvalue weighted by Crippen LogP contribution is 2.28. The zero-order valence-electron chi connectivity index (χ0n) is 13.7. The summed E-state index contributed by atoms with van der Waals surface area (Å²) >= 11 is 0. The van der Waals surface area contributed by atoms with Gasteiger partial charge in [0.25, 0.3) is 11.8 Å². The van der Waals surface area contributed by atoms with Crippen LogP contribution in [0.4, 0.5) is 0 Å². The Hall–Kier alpha value is -2.24. The number of hydrogen-bond donors (Lipinski definition) is 0. The quantitative estimate of drug-likeness (QED) is 0.683. The molecule has 2 aliphatic heterocycles. The standard InChI is InChI=1S/C17H22N2O4/c1-12(9-18-10-13(20)4-5-14(18)21)8-17(2,3)11-19-15(22)6-7-16(19)23/h4-7,12H,8-11H2,1-3H3. The molecule has 0 aromatic rings. The lowest BCUT2D eigenvalue weighted by Crippen LogP contribution is -2.42. The SMILES string of the molecule is CC(CN1CC(=O)C=CC1=O)CC(C)(C)CN1C(=O)C=CC1=O.